The number of fused-ring (bicyclic) bond motifs is 1. The smallest absolute Gasteiger partial charge is 0.330 e. The number of hydrogen-bond acceptors (Lipinski definition) is 4. The quantitative estimate of drug-likeness (QED) is 0.590. The molecule has 1 atom stereocenters. The molecule has 1 amide bonds. The van der Waals surface area contributed by atoms with Crippen molar-refractivity contribution in [3.8, 4) is 0 Å². The van der Waals surface area contributed by atoms with Gasteiger partial charge in [0.25, 0.3) is 0 Å². The van der Waals surface area contributed by atoms with E-state index in [1.165, 1.54) is 38.6 Å². The van der Waals surface area contributed by atoms with E-state index in [2.05, 4.69) is 4.98 Å². The third-order valence-electron chi connectivity index (χ3n) is 5.13. The second-order valence-corrected chi connectivity index (χ2v) is 9.29. The van der Waals surface area contributed by atoms with Crippen LogP contribution in [0.15, 0.2) is 36.7 Å². The standard InChI is InChI=1S/C19H22F3N5O3S/c1-12-17(23-11-26(12)31(29,30)24(3)4)13(2)27(18(28)19(20,21)22)16-10-14-8-6-7-9-15(14)25(16)5/h6-11,13H,1-5H3. The first-order valence-electron chi connectivity index (χ1n) is 9.20. The Balaban J connectivity index is 2.19. The van der Waals surface area contributed by atoms with Crippen molar-refractivity contribution in [1.82, 2.24) is 17.8 Å². The Morgan fingerprint density at radius 3 is 2.35 bits per heavy atom. The van der Waals surface area contributed by atoms with Crippen molar-refractivity contribution in [2.45, 2.75) is 26.1 Å². The van der Waals surface area contributed by atoms with Gasteiger partial charge in [0.15, 0.2) is 0 Å². The lowest BCUT2D eigenvalue weighted by atomic mass is 10.1. The highest BCUT2D eigenvalue weighted by Gasteiger charge is 2.46. The number of imidazole rings is 1. The maximum Gasteiger partial charge on any atom is 0.471 e. The molecule has 8 nitrogen and oxygen atoms in total. The fourth-order valence-corrected chi connectivity index (χ4v) is 4.43. The molecule has 2 heterocycles. The first-order valence-corrected chi connectivity index (χ1v) is 10.6. The van der Waals surface area contributed by atoms with Crippen LogP contribution >= 0.6 is 0 Å². The Morgan fingerprint density at radius 2 is 1.81 bits per heavy atom. The van der Waals surface area contributed by atoms with E-state index in [1.807, 2.05) is 0 Å². The van der Waals surface area contributed by atoms with E-state index in [4.69, 9.17) is 0 Å². The zero-order valence-corrected chi connectivity index (χ0v) is 18.4. The van der Waals surface area contributed by atoms with Gasteiger partial charge in [0.2, 0.25) is 0 Å². The fourth-order valence-electron chi connectivity index (χ4n) is 3.47. The molecule has 1 unspecified atom stereocenters. The van der Waals surface area contributed by atoms with E-state index >= 15 is 0 Å². The number of hydrogen-bond donors (Lipinski definition) is 0. The second-order valence-electron chi connectivity index (χ2n) is 7.27. The first-order chi connectivity index (χ1) is 14.3. The SMILES string of the molecule is Cc1c(C(C)N(C(=O)C(F)(F)F)c2cc3ccccc3n2C)ncn1S(=O)(=O)N(C)C. The number of aryl methyl sites for hydroxylation is 1. The number of aromatic nitrogens is 3. The molecule has 0 bridgehead atoms. The highest BCUT2D eigenvalue weighted by Crippen LogP contribution is 2.35. The fraction of sp³-hybridized carbons (Fsp3) is 0.368. The Labute approximate surface area is 177 Å². The van der Waals surface area contributed by atoms with Crippen molar-refractivity contribution in [2.75, 3.05) is 19.0 Å². The predicted octanol–water partition coefficient (Wildman–Crippen LogP) is 2.99. The Bertz CT molecular complexity index is 1240. The normalized spacial score (nSPS) is 13.7. The molecule has 12 heteroatoms. The van der Waals surface area contributed by atoms with Crippen LogP contribution in [-0.4, -0.2) is 52.4 Å². The maximum atomic E-state index is 13.5. The first kappa shape index (κ1) is 22.8. The molecule has 0 fully saturated rings. The topological polar surface area (TPSA) is 80.4 Å². The van der Waals surface area contributed by atoms with Crippen LogP contribution < -0.4 is 4.90 Å². The lowest BCUT2D eigenvalue weighted by molar-refractivity contribution is -0.171. The van der Waals surface area contributed by atoms with Gasteiger partial charge in [0, 0.05) is 32.0 Å². The summed E-state index contributed by atoms with van der Waals surface area (Å²) in [7, 11) is 0.280. The highest BCUT2D eigenvalue weighted by molar-refractivity contribution is 7.87. The Hall–Kier alpha value is -2.86. The number of amides is 1. The summed E-state index contributed by atoms with van der Waals surface area (Å²) >= 11 is 0. The molecule has 0 aliphatic rings. The van der Waals surface area contributed by atoms with Crippen molar-refractivity contribution in [3.05, 3.63) is 48.0 Å². The molecule has 0 aliphatic heterocycles. The van der Waals surface area contributed by atoms with Gasteiger partial charge in [0.1, 0.15) is 12.1 Å². The molecule has 3 aromatic rings. The van der Waals surface area contributed by atoms with Crippen LogP contribution in [0.1, 0.15) is 24.4 Å². The van der Waals surface area contributed by atoms with Crippen LogP contribution in [0.5, 0.6) is 0 Å². The summed E-state index contributed by atoms with van der Waals surface area (Å²) in [6.07, 6.45) is -4.12. The van der Waals surface area contributed by atoms with E-state index in [1.54, 1.807) is 31.3 Å². The average molecular weight is 457 g/mol. The van der Waals surface area contributed by atoms with Crippen molar-refractivity contribution < 1.29 is 26.4 Å². The number of carbonyl (C=O) groups is 1. The number of alkyl halides is 3. The van der Waals surface area contributed by atoms with Crippen LogP contribution in [0, 0.1) is 6.92 Å². The van der Waals surface area contributed by atoms with Crippen LogP contribution in [0.4, 0.5) is 19.0 Å². The van der Waals surface area contributed by atoms with Crippen LogP contribution in [0.25, 0.3) is 10.9 Å². The van der Waals surface area contributed by atoms with E-state index in [9.17, 15) is 26.4 Å². The van der Waals surface area contributed by atoms with Crippen LogP contribution in [0.2, 0.25) is 0 Å². The van der Waals surface area contributed by atoms with Gasteiger partial charge in [-0.2, -0.15) is 25.9 Å². The van der Waals surface area contributed by atoms with Gasteiger partial charge in [-0.15, -0.1) is 0 Å². The predicted molar refractivity (Wildman–Crippen MR) is 110 cm³/mol. The number of rotatable bonds is 5. The number of benzene rings is 1. The van der Waals surface area contributed by atoms with Crippen molar-refractivity contribution in [3.63, 3.8) is 0 Å². The molecule has 3 rings (SSSR count). The van der Waals surface area contributed by atoms with E-state index < -0.39 is 28.3 Å². The average Bonchev–Trinajstić information content (AvgIpc) is 3.22. The largest absolute Gasteiger partial charge is 0.471 e. The summed E-state index contributed by atoms with van der Waals surface area (Å²) in [5, 5.41) is 0.657. The van der Waals surface area contributed by atoms with E-state index in [-0.39, 0.29) is 17.2 Å². The molecule has 0 saturated carbocycles. The number of nitrogens with zero attached hydrogens (tertiary/aromatic N) is 5. The summed E-state index contributed by atoms with van der Waals surface area (Å²) in [6, 6.07) is 7.22. The van der Waals surface area contributed by atoms with Crippen molar-refractivity contribution >= 4 is 32.8 Å². The minimum atomic E-state index is -5.14. The summed E-state index contributed by atoms with van der Waals surface area (Å²) in [6.45, 7) is 2.81. The van der Waals surface area contributed by atoms with Gasteiger partial charge in [-0.25, -0.2) is 8.96 Å². The van der Waals surface area contributed by atoms with Crippen LogP contribution in [0.3, 0.4) is 0 Å². The Kier molecular flexibility index (Phi) is 5.65. The van der Waals surface area contributed by atoms with E-state index in [0.29, 0.717) is 15.8 Å². The molecular formula is C19H22F3N5O3S. The number of carbonyl (C=O) groups excluding carboxylic acids is 1. The summed E-state index contributed by atoms with van der Waals surface area (Å²) < 4.78 is 68.8. The molecule has 0 aliphatic carbocycles. The second kappa shape index (κ2) is 7.68. The summed E-state index contributed by atoms with van der Waals surface area (Å²) in [4.78, 5) is 17.1. The zero-order chi connectivity index (χ0) is 23.3. The molecule has 0 radical (unpaired) electrons. The number of anilines is 1. The van der Waals surface area contributed by atoms with Crippen molar-refractivity contribution in [1.29, 1.82) is 0 Å². The summed E-state index contributed by atoms with van der Waals surface area (Å²) in [5.41, 5.74) is 0.787. The van der Waals surface area contributed by atoms with Gasteiger partial charge < -0.3 is 4.57 Å². The van der Waals surface area contributed by atoms with Gasteiger partial charge in [-0.05, 0) is 26.0 Å². The summed E-state index contributed by atoms with van der Waals surface area (Å²) in [5.74, 6) is -2.06. The highest BCUT2D eigenvalue weighted by atomic mass is 32.2. The maximum absolute atomic E-state index is 13.5. The molecule has 0 N–H and O–H groups in total. The third-order valence-corrected chi connectivity index (χ3v) is 6.92. The van der Waals surface area contributed by atoms with Gasteiger partial charge >= 0.3 is 22.3 Å². The minimum absolute atomic E-state index is 0.0143. The number of para-hydroxylation sites is 1. The van der Waals surface area contributed by atoms with Crippen LogP contribution in [-0.2, 0) is 22.1 Å². The van der Waals surface area contributed by atoms with Gasteiger partial charge in [-0.3, -0.25) is 9.69 Å². The minimum Gasteiger partial charge on any atom is -0.330 e. The zero-order valence-electron chi connectivity index (χ0n) is 17.5. The third kappa shape index (κ3) is 3.81. The molecule has 0 spiro atoms. The number of halogens is 3. The van der Waals surface area contributed by atoms with Gasteiger partial charge in [-0.1, -0.05) is 18.2 Å². The molecular weight excluding hydrogens is 435 g/mol. The Morgan fingerprint density at radius 1 is 1.19 bits per heavy atom. The molecule has 31 heavy (non-hydrogen) atoms. The van der Waals surface area contributed by atoms with E-state index in [0.717, 1.165) is 14.6 Å². The van der Waals surface area contributed by atoms with Crippen molar-refractivity contribution in [2.24, 2.45) is 7.05 Å². The lowest BCUT2D eigenvalue weighted by Crippen LogP contribution is -2.44. The monoisotopic (exact) mass is 457 g/mol. The molecule has 2 aromatic heterocycles. The molecule has 168 valence electrons. The molecule has 0 saturated heterocycles. The lowest BCUT2D eigenvalue weighted by Gasteiger charge is -2.29. The molecule has 1 aromatic carbocycles. The van der Waals surface area contributed by atoms with Gasteiger partial charge in [0.05, 0.1) is 17.4 Å².